The summed E-state index contributed by atoms with van der Waals surface area (Å²) < 4.78 is 0. The van der Waals surface area contributed by atoms with Gasteiger partial charge in [0, 0.05) is 19.0 Å². The number of hydrogen-bond donors (Lipinski definition) is 2. The van der Waals surface area contributed by atoms with Gasteiger partial charge in [0.2, 0.25) is 5.91 Å². The Morgan fingerprint density at radius 3 is 2.60 bits per heavy atom. The molecule has 1 fully saturated rings. The molecule has 3 heteroatoms. The second kappa shape index (κ2) is 5.50. The first-order chi connectivity index (χ1) is 7.02. The zero-order valence-corrected chi connectivity index (χ0v) is 10.0. The minimum Gasteiger partial charge on any atom is -0.356 e. The van der Waals surface area contributed by atoms with E-state index in [-0.39, 0.29) is 11.9 Å². The van der Waals surface area contributed by atoms with Crippen LogP contribution in [0.2, 0.25) is 0 Å². The van der Waals surface area contributed by atoms with E-state index in [1.54, 1.807) is 0 Å². The van der Waals surface area contributed by atoms with E-state index in [1.807, 2.05) is 6.92 Å². The Labute approximate surface area is 92.8 Å². The molecule has 15 heavy (non-hydrogen) atoms. The highest BCUT2D eigenvalue weighted by Gasteiger charge is 2.28. The third-order valence-electron chi connectivity index (χ3n) is 3.35. The van der Waals surface area contributed by atoms with Gasteiger partial charge in [-0.05, 0) is 31.6 Å². The van der Waals surface area contributed by atoms with Crippen molar-refractivity contribution in [1.29, 1.82) is 0 Å². The lowest BCUT2D eigenvalue weighted by molar-refractivity contribution is -0.121. The Morgan fingerprint density at radius 2 is 2.07 bits per heavy atom. The number of hydrogen-bond acceptors (Lipinski definition) is 2. The highest BCUT2D eigenvalue weighted by molar-refractivity contribution is 5.75. The molecule has 0 aromatic rings. The molecule has 0 bridgehead atoms. The summed E-state index contributed by atoms with van der Waals surface area (Å²) >= 11 is 0. The molecular weight excluding hydrogens is 188 g/mol. The van der Waals surface area contributed by atoms with Crippen LogP contribution in [0.15, 0.2) is 0 Å². The fourth-order valence-corrected chi connectivity index (χ4v) is 2.16. The number of amides is 1. The van der Waals surface area contributed by atoms with Crippen LogP contribution in [-0.4, -0.2) is 18.5 Å². The second-order valence-electron chi connectivity index (χ2n) is 5.31. The molecule has 1 atom stereocenters. The van der Waals surface area contributed by atoms with E-state index in [1.165, 1.54) is 25.7 Å². The van der Waals surface area contributed by atoms with E-state index in [0.29, 0.717) is 11.8 Å². The molecule has 0 heterocycles. The summed E-state index contributed by atoms with van der Waals surface area (Å²) in [6, 6.07) is 0.123. The SMILES string of the molecule is CC(N)CCC(=O)NCC1(C)CCCC1. The molecule has 1 amide bonds. The lowest BCUT2D eigenvalue weighted by Crippen LogP contribution is -2.34. The van der Waals surface area contributed by atoms with Crippen molar-refractivity contribution in [2.75, 3.05) is 6.54 Å². The molecule has 1 saturated carbocycles. The maximum absolute atomic E-state index is 11.5. The van der Waals surface area contributed by atoms with Crippen LogP contribution in [0.25, 0.3) is 0 Å². The number of nitrogens with one attached hydrogen (secondary N) is 1. The molecule has 1 aliphatic carbocycles. The van der Waals surface area contributed by atoms with Gasteiger partial charge < -0.3 is 11.1 Å². The van der Waals surface area contributed by atoms with Crippen molar-refractivity contribution in [3.05, 3.63) is 0 Å². The van der Waals surface area contributed by atoms with Gasteiger partial charge in [0.05, 0.1) is 0 Å². The van der Waals surface area contributed by atoms with Gasteiger partial charge >= 0.3 is 0 Å². The predicted octanol–water partition coefficient (Wildman–Crippen LogP) is 1.81. The minimum atomic E-state index is 0.123. The van der Waals surface area contributed by atoms with Gasteiger partial charge in [-0.3, -0.25) is 4.79 Å². The van der Waals surface area contributed by atoms with Crippen LogP contribution in [0, 0.1) is 5.41 Å². The van der Waals surface area contributed by atoms with Crippen LogP contribution in [-0.2, 0) is 4.79 Å². The molecule has 88 valence electrons. The van der Waals surface area contributed by atoms with Crippen molar-refractivity contribution in [3.63, 3.8) is 0 Å². The third-order valence-corrected chi connectivity index (χ3v) is 3.35. The molecule has 0 saturated heterocycles. The van der Waals surface area contributed by atoms with Crippen LogP contribution in [0.1, 0.15) is 52.4 Å². The standard InChI is InChI=1S/C12H24N2O/c1-10(13)5-6-11(15)14-9-12(2)7-3-4-8-12/h10H,3-9,13H2,1-2H3,(H,14,15). The van der Waals surface area contributed by atoms with Crippen molar-refractivity contribution < 1.29 is 4.79 Å². The van der Waals surface area contributed by atoms with E-state index in [4.69, 9.17) is 5.73 Å². The zero-order chi connectivity index (χ0) is 11.3. The Kier molecular flexibility index (Phi) is 4.58. The van der Waals surface area contributed by atoms with Crippen LogP contribution in [0.5, 0.6) is 0 Å². The van der Waals surface area contributed by atoms with Gasteiger partial charge in [0.25, 0.3) is 0 Å². The molecule has 3 N–H and O–H groups in total. The Hall–Kier alpha value is -0.570. The minimum absolute atomic E-state index is 0.123. The summed E-state index contributed by atoms with van der Waals surface area (Å²) in [5.41, 5.74) is 5.96. The van der Waals surface area contributed by atoms with Crippen molar-refractivity contribution in [1.82, 2.24) is 5.32 Å². The fourth-order valence-electron chi connectivity index (χ4n) is 2.16. The molecule has 1 rings (SSSR count). The lowest BCUT2D eigenvalue weighted by atomic mass is 9.89. The van der Waals surface area contributed by atoms with E-state index < -0.39 is 0 Å². The van der Waals surface area contributed by atoms with Crippen LogP contribution >= 0.6 is 0 Å². The van der Waals surface area contributed by atoms with Gasteiger partial charge in [0.15, 0.2) is 0 Å². The topological polar surface area (TPSA) is 55.1 Å². The average Bonchev–Trinajstić information content (AvgIpc) is 2.60. The normalized spacial score (nSPS) is 21.3. The molecule has 0 radical (unpaired) electrons. The molecule has 0 aliphatic heterocycles. The quantitative estimate of drug-likeness (QED) is 0.730. The number of carbonyl (C=O) groups is 1. The Bertz CT molecular complexity index is 208. The predicted molar refractivity (Wildman–Crippen MR) is 62.5 cm³/mol. The van der Waals surface area contributed by atoms with Crippen molar-refractivity contribution in [3.8, 4) is 0 Å². The van der Waals surface area contributed by atoms with E-state index in [9.17, 15) is 4.79 Å². The maximum atomic E-state index is 11.5. The summed E-state index contributed by atoms with van der Waals surface area (Å²) in [7, 11) is 0. The van der Waals surface area contributed by atoms with Crippen LogP contribution < -0.4 is 11.1 Å². The largest absolute Gasteiger partial charge is 0.356 e. The Morgan fingerprint density at radius 1 is 1.47 bits per heavy atom. The summed E-state index contributed by atoms with van der Waals surface area (Å²) in [4.78, 5) is 11.5. The van der Waals surface area contributed by atoms with Crippen LogP contribution in [0.4, 0.5) is 0 Å². The number of nitrogens with two attached hydrogens (primary N) is 1. The van der Waals surface area contributed by atoms with Gasteiger partial charge in [-0.15, -0.1) is 0 Å². The average molecular weight is 212 g/mol. The first kappa shape index (κ1) is 12.5. The van der Waals surface area contributed by atoms with Crippen molar-refractivity contribution >= 4 is 5.91 Å². The van der Waals surface area contributed by atoms with Crippen molar-refractivity contribution in [2.45, 2.75) is 58.4 Å². The van der Waals surface area contributed by atoms with Crippen LogP contribution in [0.3, 0.4) is 0 Å². The van der Waals surface area contributed by atoms with E-state index in [2.05, 4.69) is 12.2 Å². The molecule has 0 aromatic heterocycles. The summed E-state index contributed by atoms with van der Waals surface area (Å²) in [6.45, 7) is 5.04. The van der Waals surface area contributed by atoms with E-state index in [0.717, 1.165) is 13.0 Å². The summed E-state index contributed by atoms with van der Waals surface area (Å²) in [6.07, 6.45) is 6.47. The van der Waals surface area contributed by atoms with Gasteiger partial charge in [-0.25, -0.2) is 0 Å². The maximum Gasteiger partial charge on any atom is 0.220 e. The van der Waals surface area contributed by atoms with E-state index >= 15 is 0 Å². The number of carbonyl (C=O) groups excluding carboxylic acids is 1. The monoisotopic (exact) mass is 212 g/mol. The first-order valence-electron chi connectivity index (χ1n) is 6.04. The summed E-state index contributed by atoms with van der Waals surface area (Å²) in [5.74, 6) is 0.153. The molecule has 3 nitrogen and oxygen atoms in total. The zero-order valence-electron chi connectivity index (χ0n) is 10.0. The summed E-state index contributed by atoms with van der Waals surface area (Å²) in [5, 5.41) is 3.03. The fraction of sp³-hybridized carbons (Fsp3) is 0.917. The molecule has 0 spiro atoms. The molecule has 0 aromatic carbocycles. The van der Waals surface area contributed by atoms with Gasteiger partial charge in [0.1, 0.15) is 0 Å². The molecular formula is C12H24N2O. The number of rotatable bonds is 5. The lowest BCUT2D eigenvalue weighted by Gasteiger charge is -2.23. The molecule has 1 aliphatic rings. The van der Waals surface area contributed by atoms with Gasteiger partial charge in [-0.2, -0.15) is 0 Å². The van der Waals surface area contributed by atoms with Crippen molar-refractivity contribution in [2.24, 2.45) is 11.1 Å². The van der Waals surface area contributed by atoms with Gasteiger partial charge in [-0.1, -0.05) is 19.8 Å². The highest BCUT2D eigenvalue weighted by Crippen LogP contribution is 2.36. The molecule has 1 unspecified atom stereocenters. The Balaban J connectivity index is 2.16. The first-order valence-corrected chi connectivity index (χ1v) is 6.04. The highest BCUT2D eigenvalue weighted by atomic mass is 16.1. The smallest absolute Gasteiger partial charge is 0.220 e. The third kappa shape index (κ3) is 4.65. The second-order valence-corrected chi connectivity index (χ2v) is 5.31.